The molecule has 0 bridgehead atoms. The van der Waals surface area contributed by atoms with E-state index in [2.05, 4.69) is 39.4 Å². The topological polar surface area (TPSA) is 110 Å². The molecule has 194 valence electrons. The fourth-order valence-corrected chi connectivity index (χ4v) is 5.27. The highest BCUT2D eigenvalue weighted by molar-refractivity contribution is 5.92. The Morgan fingerprint density at radius 3 is 2.61 bits per heavy atom. The molecule has 1 fully saturated rings. The molecule has 1 aliphatic carbocycles. The average Bonchev–Trinajstić information content (AvgIpc) is 3.39. The van der Waals surface area contributed by atoms with Crippen molar-refractivity contribution >= 4 is 28.6 Å². The molecule has 9 nitrogen and oxygen atoms in total. The maximum absolute atomic E-state index is 12.9. The van der Waals surface area contributed by atoms with E-state index in [1.54, 1.807) is 4.57 Å². The van der Waals surface area contributed by atoms with Crippen LogP contribution in [0.1, 0.15) is 40.7 Å². The molecule has 6 rings (SSSR count). The molecular weight excluding hydrogens is 482 g/mol. The van der Waals surface area contributed by atoms with E-state index >= 15 is 0 Å². The van der Waals surface area contributed by atoms with Crippen molar-refractivity contribution in [2.75, 3.05) is 25.5 Å². The number of aromatic carboxylic acids is 1. The molecule has 9 heteroatoms. The van der Waals surface area contributed by atoms with Crippen LogP contribution >= 0.6 is 0 Å². The van der Waals surface area contributed by atoms with Crippen LogP contribution in [0.15, 0.2) is 59.7 Å². The molecule has 1 saturated heterocycles. The Bertz CT molecular complexity index is 1570. The molecule has 0 amide bonds. The number of carboxylic acids is 1. The molecule has 2 aromatic heterocycles. The number of benzene rings is 2. The van der Waals surface area contributed by atoms with E-state index in [9.17, 15) is 14.7 Å². The summed E-state index contributed by atoms with van der Waals surface area (Å²) in [5.41, 5.74) is 3.50. The summed E-state index contributed by atoms with van der Waals surface area (Å²) in [6.07, 6.45) is 8.11. The third-order valence-electron chi connectivity index (χ3n) is 7.41. The van der Waals surface area contributed by atoms with Crippen LogP contribution in [0, 0.1) is 0 Å². The lowest BCUT2D eigenvalue weighted by Gasteiger charge is -2.29. The number of nitrogens with one attached hydrogen (secondary N) is 1. The van der Waals surface area contributed by atoms with Crippen LogP contribution in [-0.2, 0) is 12.8 Å². The molecule has 2 aromatic carbocycles. The summed E-state index contributed by atoms with van der Waals surface area (Å²) in [4.78, 5) is 36.0. The first-order valence-corrected chi connectivity index (χ1v) is 12.9. The number of anilines is 2. The first-order valence-electron chi connectivity index (χ1n) is 12.9. The molecule has 0 saturated carbocycles. The minimum absolute atomic E-state index is 0.151. The van der Waals surface area contributed by atoms with Crippen molar-refractivity contribution in [2.45, 2.75) is 38.2 Å². The van der Waals surface area contributed by atoms with Crippen molar-refractivity contribution in [2.24, 2.45) is 0 Å². The lowest BCUT2D eigenvalue weighted by atomic mass is 10.1. The number of likely N-dealkylation sites (tertiary alicyclic amines) is 1. The number of carbonyl (C=O) groups is 1. The van der Waals surface area contributed by atoms with Gasteiger partial charge in [-0.25, -0.2) is 9.78 Å². The van der Waals surface area contributed by atoms with Gasteiger partial charge in [0.1, 0.15) is 17.4 Å². The van der Waals surface area contributed by atoms with E-state index in [1.165, 1.54) is 23.5 Å². The van der Waals surface area contributed by atoms with Gasteiger partial charge in [0, 0.05) is 36.9 Å². The lowest BCUT2D eigenvalue weighted by molar-refractivity contribution is 0.0695. The third kappa shape index (κ3) is 4.72. The van der Waals surface area contributed by atoms with E-state index in [4.69, 9.17) is 4.74 Å². The zero-order chi connectivity index (χ0) is 26.2. The average molecular weight is 512 g/mol. The normalized spacial score (nSPS) is 15.9. The van der Waals surface area contributed by atoms with Crippen LogP contribution in [0.2, 0.25) is 0 Å². The van der Waals surface area contributed by atoms with Crippen LogP contribution in [-0.4, -0.2) is 56.8 Å². The molecule has 38 heavy (non-hydrogen) atoms. The zero-order valence-corrected chi connectivity index (χ0v) is 21.2. The summed E-state index contributed by atoms with van der Waals surface area (Å²) < 4.78 is 7.81. The molecule has 4 aromatic rings. The van der Waals surface area contributed by atoms with Gasteiger partial charge in [-0.2, -0.15) is 4.98 Å². The Morgan fingerprint density at radius 1 is 1.08 bits per heavy atom. The Kier molecular flexibility index (Phi) is 6.29. The largest absolute Gasteiger partial charge is 0.490 e. The number of pyridine rings is 1. The van der Waals surface area contributed by atoms with Crippen molar-refractivity contribution in [1.29, 1.82) is 0 Å². The van der Waals surface area contributed by atoms with E-state index in [0.29, 0.717) is 11.6 Å². The van der Waals surface area contributed by atoms with Gasteiger partial charge < -0.3 is 24.6 Å². The van der Waals surface area contributed by atoms with E-state index in [1.807, 2.05) is 30.3 Å². The van der Waals surface area contributed by atoms with Crippen LogP contribution in [0.25, 0.3) is 16.7 Å². The van der Waals surface area contributed by atoms with Gasteiger partial charge in [0.2, 0.25) is 11.4 Å². The number of aryl methyl sites for hydroxylation is 2. The van der Waals surface area contributed by atoms with Crippen molar-refractivity contribution in [3.63, 3.8) is 0 Å². The molecule has 3 heterocycles. The quantitative estimate of drug-likeness (QED) is 0.397. The molecule has 2 N–H and O–H groups in total. The standard InChI is InChI=1S/C29H29N5O4/c1-33-13-11-23(12-14-33)38-22-9-6-20(7-10-22)31-29-30-16-24-26(35)25(28(36)37)17-34(27(24)32-29)21-8-5-18-3-2-4-19(18)15-21/h5-10,15-17,23H,2-4,11-14H2,1H3,(H,36,37)(H,30,31,32). The summed E-state index contributed by atoms with van der Waals surface area (Å²) in [6, 6.07) is 13.7. The number of carboxylic acid groups (broad SMARTS) is 1. The second kappa shape index (κ2) is 9.90. The molecule has 0 radical (unpaired) electrons. The van der Waals surface area contributed by atoms with Gasteiger partial charge in [0.05, 0.1) is 5.39 Å². The predicted molar refractivity (Wildman–Crippen MR) is 145 cm³/mol. The molecule has 2 aliphatic rings. The summed E-state index contributed by atoms with van der Waals surface area (Å²) in [5.74, 6) is -0.161. The fourth-order valence-electron chi connectivity index (χ4n) is 5.27. The number of hydrogen-bond donors (Lipinski definition) is 2. The number of rotatable bonds is 6. The summed E-state index contributed by atoms with van der Waals surface area (Å²) in [6.45, 7) is 2.07. The number of nitrogens with zero attached hydrogens (tertiary/aromatic N) is 4. The van der Waals surface area contributed by atoms with Crippen molar-refractivity contribution in [1.82, 2.24) is 19.4 Å². The Balaban J connectivity index is 1.31. The molecular formula is C29H29N5O4. The number of ether oxygens (including phenoxy) is 1. The second-order valence-electron chi connectivity index (χ2n) is 10.1. The number of piperidine rings is 1. The molecule has 1 aliphatic heterocycles. The van der Waals surface area contributed by atoms with Gasteiger partial charge in [-0.05, 0) is 86.7 Å². The van der Waals surface area contributed by atoms with Gasteiger partial charge in [-0.3, -0.25) is 4.79 Å². The molecule has 0 spiro atoms. The minimum atomic E-state index is -1.28. The van der Waals surface area contributed by atoms with E-state index < -0.39 is 11.4 Å². The summed E-state index contributed by atoms with van der Waals surface area (Å²) in [7, 11) is 2.13. The second-order valence-corrected chi connectivity index (χ2v) is 10.1. The van der Waals surface area contributed by atoms with Gasteiger partial charge in [-0.1, -0.05) is 6.07 Å². The van der Waals surface area contributed by atoms with Crippen molar-refractivity contribution < 1.29 is 14.6 Å². The Morgan fingerprint density at radius 2 is 1.84 bits per heavy atom. The van der Waals surface area contributed by atoms with Crippen LogP contribution in [0.3, 0.4) is 0 Å². The van der Waals surface area contributed by atoms with Gasteiger partial charge in [0.25, 0.3) is 0 Å². The minimum Gasteiger partial charge on any atom is -0.490 e. The van der Waals surface area contributed by atoms with E-state index in [0.717, 1.165) is 62.3 Å². The highest BCUT2D eigenvalue weighted by atomic mass is 16.5. The van der Waals surface area contributed by atoms with Crippen molar-refractivity contribution in [3.05, 3.63) is 81.8 Å². The Hall–Kier alpha value is -4.24. The zero-order valence-electron chi connectivity index (χ0n) is 21.2. The number of fused-ring (bicyclic) bond motifs is 2. The first-order chi connectivity index (χ1) is 18.4. The van der Waals surface area contributed by atoms with Gasteiger partial charge in [0.15, 0.2) is 5.65 Å². The first kappa shape index (κ1) is 24.1. The molecule has 0 atom stereocenters. The van der Waals surface area contributed by atoms with Crippen molar-refractivity contribution in [3.8, 4) is 11.4 Å². The van der Waals surface area contributed by atoms with Gasteiger partial charge in [-0.15, -0.1) is 0 Å². The van der Waals surface area contributed by atoms with Crippen LogP contribution in [0.4, 0.5) is 11.6 Å². The lowest BCUT2D eigenvalue weighted by Crippen LogP contribution is -2.35. The van der Waals surface area contributed by atoms with E-state index in [-0.39, 0.29) is 17.1 Å². The monoisotopic (exact) mass is 511 g/mol. The SMILES string of the molecule is CN1CCC(Oc2ccc(Nc3ncc4c(=O)c(C(=O)O)cn(-c5ccc6c(c5)CCC6)c4n3)cc2)CC1. The summed E-state index contributed by atoms with van der Waals surface area (Å²) in [5, 5.41) is 13.0. The molecule has 0 unspecified atom stereocenters. The smallest absolute Gasteiger partial charge is 0.341 e. The van der Waals surface area contributed by atoms with Crippen LogP contribution in [0.5, 0.6) is 5.75 Å². The van der Waals surface area contributed by atoms with Crippen LogP contribution < -0.4 is 15.5 Å². The Labute approximate surface area is 219 Å². The number of hydrogen-bond acceptors (Lipinski definition) is 7. The maximum atomic E-state index is 12.9. The summed E-state index contributed by atoms with van der Waals surface area (Å²) >= 11 is 0. The number of aromatic nitrogens is 3. The maximum Gasteiger partial charge on any atom is 0.341 e. The van der Waals surface area contributed by atoms with Gasteiger partial charge >= 0.3 is 5.97 Å². The highest BCUT2D eigenvalue weighted by Crippen LogP contribution is 2.27. The third-order valence-corrected chi connectivity index (χ3v) is 7.41. The highest BCUT2D eigenvalue weighted by Gasteiger charge is 2.20. The fraction of sp³-hybridized carbons (Fsp3) is 0.310. The predicted octanol–water partition coefficient (Wildman–Crippen LogP) is 4.18.